The molecule has 42 heavy (non-hydrogen) atoms. The minimum absolute atomic E-state index is 0. The van der Waals surface area contributed by atoms with Crippen molar-refractivity contribution in [2.45, 2.75) is 52.6 Å². The maximum absolute atomic E-state index is 12.4. The number of amides is 2. The van der Waals surface area contributed by atoms with Crippen LogP contribution >= 0.6 is 22.6 Å². The number of nitrogens with zero attached hydrogens (tertiary/aromatic N) is 6. The molecular weight excluding hydrogens is 702 g/mol. The second-order valence-corrected chi connectivity index (χ2v) is 10.8. The molecule has 0 aliphatic rings. The van der Waals surface area contributed by atoms with Crippen molar-refractivity contribution in [2.24, 2.45) is 0 Å². The molecule has 0 radical (unpaired) electrons. The third kappa shape index (κ3) is 10.8. The Bertz CT molecular complexity index is 1430. The summed E-state index contributed by atoms with van der Waals surface area (Å²) in [5.41, 5.74) is 13.5. The van der Waals surface area contributed by atoms with E-state index in [1.807, 2.05) is 13.0 Å². The van der Waals surface area contributed by atoms with E-state index in [4.69, 9.17) is 41.8 Å². The summed E-state index contributed by atoms with van der Waals surface area (Å²) >= 11 is 2.14. The first-order valence-corrected chi connectivity index (χ1v) is 12.7. The summed E-state index contributed by atoms with van der Waals surface area (Å²) in [6.45, 7) is 22.1. The average molecular weight is 738 g/mol. The van der Waals surface area contributed by atoms with Gasteiger partial charge in [-0.15, -0.1) is 0 Å². The van der Waals surface area contributed by atoms with Gasteiger partial charge in [0.25, 0.3) is 11.8 Å². The smallest absolute Gasteiger partial charge is 0.512 e. The number of carbonyl (C=O) groups is 2. The van der Waals surface area contributed by atoms with Crippen LogP contribution in [0.3, 0.4) is 0 Å². The Hall–Kier alpha value is -3.88. The zero-order valence-corrected chi connectivity index (χ0v) is 27.8. The fourth-order valence-corrected chi connectivity index (χ4v) is 3.75. The molecule has 2 aromatic rings. The molecule has 0 saturated heterocycles. The second-order valence-electron chi connectivity index (χ2n) is 9.59. The zero-order chi connectivity index (χ0) is 33.6. The van der Waals surface area contributed by atoms with Crippen molar-refractivity contribution in [1.82, 2.24) is 9.80 Å². The van der Waals surface area contributed by atoms with E-state index in [0.717, 1.165) is 9.13 Å². The third-order valence-corrected chi connectivity index (χ3v) is 6.77. The summed E-state index contributed by atoms with van der Waals surface area (Å²) in [5, 5.41) is 24.4. The summed E-state index contributed by atoms with van der Waals surface area (Å²) < 4.78 is 16.4. The van der Waals surface area contributed by atoms with Crippen LogP contribution in [0.4, 0.5) is 21.5 Å². The number of alkyl halides is 1. The van der Waals surface area contributed by atoms with E-state index in [1.54, 1.807) is 60.8 Å². The Labute approximate surface area is 273 Å². The van der Waals surface area contributed by atoms with Gasteiger partial charge in [-0.2, -0.15) is 10.5 Å². The molecule has 0 aromatic heterocycles. The van der Waals surface area contributed by atoms with Gasteiger partial charge in [-0.1, -0.05) is 6.07 Å². The summed E-state index contributed by atoms with van der Waals surface area (Å²) in [5.74, 6) is -0.599. The van der Waals surface area contributed by atoms with Crippen LogP contribution in [0.1, 0.15) is 60.9 Å². The fraction of sp³-hybridized carbons (Fsp3) is 0.379. The molecule has 0 fully saturated rings. The van der Waals surface area contributed by atoms with E-state index in [9.17, 15) is 14.0 Å². The predicted molar refractivity (Wildman–Crippen MR) is 166 cm³/mol. The minimum atomic E-state index is -1.00. The van der Waals surface area contributed by atoms with Gasteiger partial charge >= 0.3 is 17.1 Å². The molecule has 0 unspecified atom stereocenters. The van der Waals surface area contributed by atoms with Crippen molar-refractivity contribution in [1.29, 1.82) is 15.8 Å². The minimum Gasteiger partial charge on any atom is -0.512 e. The molecule has 0 atom stereocenters. The van der Waals surface area contributed by atoms with Gasteiger partial charge in [0, 0.05) is 29.0 Å². The quantitative estimate of drug-likeness (QED) is 0.175. The first kappa shape index (κ1) is 40.3. The molecule has 0 bridgehead atoms. The Morgan fingerprint density at radius 3 is 1.60 bits per heavy atom. The topological polar surface area (TPSA) is 168 Å². The molecule has 2 aromatic carbocycles. The number of benzene rings is 2. The van der Waals surface area contributed by atoms with E-state index >= 15 is 0 Å². The summed E-state index contributed by atoms with van der Waals surface area (Å²) in [6.07, 6.45) is 0. The van der Waals surface area contributed by atoms with E-state index in [-0.39, 0.29) is 34.4 Å². The molecular formula is C29H35CuFIN8O2. The normalized spacial score (nSPS) is 9.88. The van der Waals surface area contributed by atoms with Gasteiger partial charge < -0.3 is 33.1 Å². The Morgan fingerprint density at radius 2 is 1.26 bits per heavy atom. The van der Waals surface area contributed by atoms with E-state index in [2.05, 4.69) is 39.6 Å². The summed E-state index contributed by atoms with van der Waals surface area (Å²) in [7, 11) is 2.16. The maximum atomic E-state index is 12.4. The van der Waals surface area contributed by atoms with Crippen LogP contribution in [0.2, 0.25) is 0 Å². The Balaban J connectivity index is -0.000000634. The van der Waals surface area contributed by atoms with Crippen LogP contribution in [-0.2, 0) is 17.1 Å². The van der Waals surface area contributed by atoms with Gasteiger partial charge in [-0.25, -0.2) is 4.85 Å². The first-order chi connectivity index (χ1) is 19.4. The van der Waals surface area contributed by atoms with Crippen molar-refractivity contribution < 1.29 is 32.4 Å². The number of hydrogen-bond acceptors (Lipinski definition) is 7. The predicted octanol–water partition coefficient (Wildman–Crippen LogP) is 5.74. The van der Waals surface area contributed by atoms with Crippen LogP contribution in [-0.4, -0.2) is 53.9 Å². The molecule has 4 N–H and O–H groups in total. The second kappa shape index (κ2) is 18.5. The molecule has 2 amide bonds. The van der Waals surface area contributed by atoms with Crippen LogP contribution < -0.4 is 11.5 Å². The summed E-state index contributed by atoms with van der Waals surface area (Å²) in [4.78, 5) is 30.8. The van der Waals surface area contributed by atoms with E-state index in [1.165, 1.54) is 15.9 Å². The van der Waals surface area contributed by atoms with Gasteiger partial charge in [-0.3, -0.25) is 14.0 Å². The Kier molecular flexibility index (Phi) is 17.8. The largest absolute Gasteiger partial charge is 1.00 e. The number of aryl methyl sites for hydroxylation is 2. The molecule has 2 rings (SSSR count). The molecule has 0 spiro atoms. The van der Waals surface area contributed by atoms with E-state index < -0.39 is 18.2 Å². The molecule has 0 aliphatic carbocycles. The average Bonchev–Trinajstić information content (AvgIpc) is 2.96. The van der Waals surface area contributed by atoms with Crippen LogP contribution in [0, 0.1) is 58.5 Å². The standard InChI is InChI=1S/C14H16N4O.C13H16IN3O.CH3F.CN.Cu/c1-9-6-10(17-4)7-11(12(9)16)13(19)18(5)14(2,3)8-15;1-8-5-9(14)6-10(11(8)16)12(18)17(4)13(2,3)7-15;2*1-2;/h6-7H,16H2,1-3,5H3;5-6H,16H2,1-4H3;1H3;;/q;;;-1;+1/i;;1D;;. The van der Waals surface area contributed by atoms with Gasteiger partial charge in [0.05, 0.1) is 38.4 Å². The number of nitrogen functional groups attached to an aromatic ring is 2. The number of halogens is 2. The number of anilines is 2. The first-order valence-electron chi connectivity index (χ1n) is 12.4. The molecule has 13 heteroatoms. The van der Waals surface area contributed by atoms with Gasteiger partial charge in [-0.05, 0) is 93.5 Å². The third-order valence-electron chi connectivity index (χ3n) is 6.15. The zero-order valence-electron chi connectivity index (χ0n) is 25.7. The van der Waals surface area contributed by atoms with Crippen molar-refractivity contribution in [3.63, 3.8) is 0 Å². The van der Waals surface area contributed by atoms with E-state index in [0.29, 0.717) is 28.2 Å². The molecule has 0 saturated carbocycles. The Morgan fingerprint density at radius 1 is 0.929 bits per heavy atom. The van der Waals surface area contributed by atoms with Crippen LogP contribution in [0.5, 0.6) is 0 Å². The number of nitrogens with two attached hydrogens (primary N) is 2. The number of nitriles is 2. The number of hydrogen-bond donors (Lipinski definition) is 2. The maximum Gasteiger partial charge on any atom is 1.00 e. The van der Waals surface area contributed by atoms with Crippen LogP contribution in [0.25, 0.3) is 4.85 Å². The summed E-state index contributed by atoms with van der Waals surface area (Å²) in [6, 6.07) is 10.9. The molecule has 0 aliphatic heterocycles. The van der Waals surface area contributed by atoms with Crippen molar-refractivity contribution in [2.75, 3.05) is 32.7 Å². The van der Waals surface area contributed by atoms with Gasteiger partial charge in [0.1, 0.15) is 11.1 Å². The molecule has 0 heterocycles. The fourth-order valence-electron chi connectivity index (χ4n) is 2.97. The molecule has 228 valence electrons. The van der Waals surface area contributed by atoms with Crippen LogP contribution in [0.15, 0.2) is 24.3 Å². The number of rotatable bonds is 4. The van der Waals surface area contributed by atoms with Crippen molar-refractivity contribution in [3.05, 3.63) is 68.1 Å². The van der Waals surface area contributed by atoms with Gasteiger partial charge in [0.15, 0.2) is 5.69 Å². The molecule has 10 nitrogen and oxygen atoms in total. The van der Waals surface area contributed by atoms with Crippen molar-refractivity contribution >= 4 is 51.5 Å². The van der Waals surface area contributed by atoms with Crippen molar-refractivity contribution in [3.8, 4) is 12.1 Å². The van der Waals surface area contributed by atoms with Gasteiger partial charge in [0.2, 0.25) is 0 Å². The monoisotopic (exact) mass is 737 g/mol. The number of carbonyl (C=O) groups excluding carboxylic acids is 2. The SMILES string of the molecule is Cc1cc(I)cc(C(=O)N(C)C(C)(C)C#N)c1N.[2H]CF.[C-]#N.[C-]#[N+]c1cc(C)c(N)c(C(=O)N(C)C(C)(C)C#N)c1.[Cu+].